The van der Waals surface area contributed by atoms with E-state index in [0.29, 0.717) is 5.56 Å². The minimum Gasteiger partial charge on any atom is -0.387 e. The summed E-state index contributed by atoms with van der Waals surface area (Å²) in [6.07, 6.45) is 0.862. The zero-order valence-electron chi connectivity index (χ0n) is 13.6. The Hall–Kier alpha value is -2.44. The first-order chi connectivity index (χ1) is 11.6. The number of benzene rings is 1. The first kappa shape index (κ1) is 16.4. The molecule has 0 saturated carbocycles. The van der Waals surface area contributed by atoms with Crippen LogP contribution in [0.15, 0.2) is 47.3 Å². The second kappa shape index (κ2) is 6.98. The number of carbonyl (C=O) groups is 1. The Kier molecular flexibility index (Phi) is 4.78. The zero-order chi connectivity index (χ0) is 17.1. The van der Waals surface area contributed by atoms with Gasteiger partial charge in [-0.15, -0.1) is 0 Å². The summed E-state index contributed by atoms with van der Waals surface area (Å²) in [5.41, 5.74) is 4.13. The van der Waals surface area contributed by atoms with Crippen LogP contribution in [0, 0.1) is 13.8 Å². The second-order valence-corrected chi connectivity index (χ2v) is 6.40. The number of thiophene rings is 1. The molecule has 2 heterocycles. The van der Waals surface area contributed by atoms with Crippen molar-refractivity contribution in [2.45, 2.75) is 20.0 Å². The van der Waals surface area contributed by atoms with Gasteiger partial charge >= 0.3 is 0 Å². The number of hydrogen-bond donors (Lipinski definition) is 2. The van der Waals surface area contributed by atoms with E-state index in [4.69, 9.17) is 0 Å². The summed E-state index contributed by atoms with van der Waals surface area (Å²) in [4.78, 5) is 12.4. The van der Waals surface area contributed by atoms with E-state index in [0.717, 1.165) is 22.5 Å². The molecular weight excluding hydrogens is 322 g/mol. The molecule has 0 aliphatic heterocycles. The Morgan fingerprint density at radius 1 is 1.33 bits per heavy atom. The van der Waals surface area contributed by atoms with E-state index >= 15 is 0 Å². The Morgan fingerprint density at radius 2 is 2.12 bits per heavy atom. The van der Waals surface area contributed by atoms with Crippen molar-refractivity contribution in [2.75, 3.05) is 6.54 Å². The summed E-state index contributed by atoms with van der Waals surface area (Å²) in [5.74, 6) is -0.235. The van der Waals surface area contributed by atoms with Gasteiger partial charge in [0.1, 0.15) is 0 Å². The molecule has 6 heteroatoms. The number of aryl methyl sites for hydroxylation is 1. The zero-order valence-corrected chi connectivity index (χ0v) is 14.4. The van der Waals surface area contributed by atoms with Gasteiger partial charge in [-0.3, -0.25) is 4.79 Å². The third kappa shape index (κ3) is 3.25. The quantitative estimate of drug-likeness (QED) is 0.750. The molecule has 2 aromatic heterocycles. The predicted octanol–water partition coefficient (Wildman–Crippen LogP) is 3.01. The van der Waals surface area contributed by atoms with Gasteiger partial charge in [-0.2, -0.15) is 16.4 Å². The number of carbonyl (C=O) groups excluding carboxylic acids is 1. The maximum absolute atomic E-state index is 12.4. The topological polar surface area (TPSA) is 67.2 Å². The van der Waals surface area contributed by atoms with Gasteiger partial charge in [0.15, 0.2) is 0 Å². The van der Waals surface area contributed by atoms with Crippen molar-refractivity contribution in [3.63, 3.8) is 0 Å². The highest BCUT2D eigenvalue weighted by molar-refractivity contribution is 7.07. The van der Waals surface area contributed by atoms with Crippen LogP contribution in [0.25, 0.3) is 5.69 Å². The first-order valence-corrected chi connectivity index (χ1v) is 8.61. The molecule has 124 valence electrons. The minimum absolute atomic E-state index is 0.171. The molecule has 1 unspecified atom stereocenters. The molecule has 0 bridgehead atoms. The monoisotopic (exact) mass is 341 g/mol. The molecule has 3 rings (SSSR count). The van der Waals surface area contributed by atoms with Crippen LogP contribution in [0.1, 0.15) is 33.3 Å². The van der Waals surface area contributed by atoms with E-state index in [2.05, 4.69) is 10.4 Å². The van der Waals surface area contributed by atoms with Crippen LogP contribution in [-0.2, 0) is 0 Å². The van der Waals surface area contributed by atoms with Crippen molar-refractivity contribution in [3.05, 3.63) is 69.7 Å². The van der Waals surface area contributed by atoms with E-state index < -0.39 is 6.10 Å². The number of aliphatic hydroxyl groups is 1. The molecule has 24 heavy (non-hydrogen) atoms. The highest BCUT2D eigenvalue weighted by Crippen LogP contribution is 2.18. The molecule has 0 aliphatic rings. The van der Waals surface area contributed by atoms with Crippen LogP contribution in [0.2, 0.25) is 0 Å². The second-order valence-electron chi connectivity index (χ2n) is 5.62. The number of hydrogen-bond acceptors (Lipinski definition) is 4. The summed E-state index contributed by atoms with van der Waals surface area (Å²) in [7, 11) is 0. The maximum Gasteiger partial charge on any atom is 0.254 e. The van der Waals surface area contributed by atoms with E-state index in [1.54, 1.807) is 10.9 Å². The Bertz CT molecular complexity index is 840. The number of rotatable bonds is 5. The lowest BCUT2D eigenvalue weighted by Crippen LogP contribution is -2.28. The van der Waals surface area contributed by atoms with Gasteiger partial charge in [0.25, 0.3) is 5.91 Å². The van der Waals surface area contributed by atoms with Crippen molar-refractivity contribution >= 4 is 17.2 Å². The van der Waals surface area contributed by atoms with Crippen molar-refractivity contribution in [2.24, 2.45) is 0 Å². The minimum atomic E-state index is -0.702. The average Bonchev–Trinajstić information content (AvgIpc) is 3.23. The molecular formula is C18H19N3O2S. The van der Waals surface area contributed by atoms with Crippen molar-refractivity contribution in [3.8, 4) is 5.69 Å². The third-order valence-electron chi connectivity index (χ3n) is 3.98. The molecule has 3 aromatic rings. The van der Waals surface area contributed by atoms with Gasteiger partial charge < -0.3 is 10.4 Å². The van der Waals surface area contributed by atoms with Crippen LogP contribution in [-0.4, -0.2) is 27.3 Å². The smallest absolute Gasteiger partial charge is 0.254 e. The van der Waals surface area contributed by atoms with Crippen molar-refractivity contribution in [1.29, 1.82) is 0 Å². The van der Waals surface area contributed by atoms with Gasteiger partial charge in [0.2, 0.25) is 0 Å². The van der Waals surface area contributed by atoms with E-state index in [9.17, 15) is 9.90 Å². The molecule has 1 atom stereocenters. The van der Waals surface area contributed by atoms with Gasteiger partial charge in [0.05, 0.1) is 29.2 Å². The van der Waals surface area contributed by atoms with Crippen molar-refractivity contribution < 1.29 is 9.90 Å². The van der Waals surface area contributed by atoms with Gasteiger partial charge in [-0.05, 0) is 47.9 Å². The summed E-state index contributed by atoms with van der Waals surface area (Å²) in [5, 5.41) is 20.9. The lowest BCUT2D eigenvalue weighted by Gasteiger charge is -2.11. The molecule has 2 N–H and O–H groups in total. The molecule has 1 amide bonds. The molecule has 0 aliphatic carbocycles. The number of para-hydroxylation sites is 1. The maximum atomic E-state index is 12.4. The van der Waals surface area contributed by atoms with Crippen LogP contribution in [0.4, 0.5) is 0 Å². The number of nitrogens with zero attached hydrogens (tertiary/aromatic N) is 2. The average molecular weight is 341 g/mol. The summed E-state index contributed by atoms with van der Waals surface area (Å²) in [6.45, 7) is 4.04. The summed E-state index contributed by atoms with van der Waals surface area (Å²) < 4.78 is 1.76. The Balaban J connectivity index is 1.74. The number of amides is 1. The highest BCUT2D eigenvalue weighted by Gasteiger charge is 2.17. The normalized spacial score (nSPS) is 12.1. The Morgan fingerprint density at radius 3 is 2.83 bits per heavy atom. The van der Waals surface area contributed by atoms with Crippen LogP contribution < -0.4 is 5.32 Å². The molecule has 0 spiro atoms. The van der Waals surface area contributed by atoms with Gasteiger partial charge in [-0.25, -0.2) is 4.68 Å². The van der Waals surface area contributed by atoms with Crippen LogP contribution in [0.3, 0.4) is 0 Å². The van der Waals surface area contributed by atoms with E-state index in [-0.39, 0.29) is 12.5 Å². The molecule has 0 saturated heterocycles. The Labute approximate surface area is 144 Å². The first-order valence-electron chi connectivity index (χ1n) is 7.67. The highest BCUT2D eigenvalue weighted by atomic mass is 32.1. The number of nitrogens with one attached hydrogen (secondary N) is 1. The third-order valence-corrected chi connectivity index (χ3v) is 4.68. The summed E-state index contributed by atoms with van der Waals surface area (Å²) in [6, 6.07) is 9.74. The van der Waals surface area contributed by atoms with Crippen LogP contribution in [0.5, 0.6) is 0 Å². The van der Waals surface area contributed by atoms with Gasteiger partial charge in [0, 0.05) is 6.54 Å². The van der Waals surface area contributed by atoms with E-state index in [1.807, 2.05) is 54.9 Å². The van der Waals surface area contributed by atoms with Crippen molar-refractivity contribution in [1.82, 2.24) is 15.1 Å². The summed E-state index contributed by atoms with van der Waals surface area (Å²) >= 11 is 1.52. The number of aliphatic hydroxyl groups excluding tert-OH is 1. The molecule has 0 fully saturated rings. The van der Waals surface area contributed by atoms with E-state index in [1.165, 1.54) is 11.3 Å². The molecule has 0 radical (unpaired) electrons. The number of aromatic nitrogens is 2. The predicted molar refractivity (Wildman–Crippen MR) is 94.7 cm³/mol. The van der Waals surface area contributed by atoms with Crippen LogP contribution >= 0.6 is 11.3 Å². The molecule has 1 aromatic carbocycles. The largest absolute Gasteiger partial charge is 0.387 e. The van der Waals surface area contributed by atoms with Gasteiger partial charge in [-0.1, -0.05) is 18.2 Å². The SMILES string of the molecule is Cc1ccccc1-n1ncc(C(=O)NCC(O)c2ccsc2)c1C. The standard InChI is InChI=1S/C18H19N3O2S/c1-12-5-3-4-6-16(12)21-13(2)15(9-20-21)18(23)19-10-17(22)14-7-8-24-11-14/h3-9,11,17,22H,10H2,1-2H3,(H,19,23). The lowest BCUT2D eigenvalue weighted by atomic mass is 10.1. The fourth-order valence-corrected chi connectivity index (χ4v) is 3.25. The fraction of sp³-hybridized carbons (Fsp3) is 0.222. The fourth-order valence-electron chi connectivity index (χ4n) is 2.54. The lowest BCUT2D eigenvalue weighted by molar-refractivity contribution is 0.0916. The molecule has 5 nitrogen and oxygen atoms in total.